The summed E-state index contributed by atoms with van der Waals surface area (Å²) in [7, 11) is 0. The van der Waals surface area contributed by atoms with E-state index in [1.807, 2.05) is 19.3 Å². The first-order chi connectivity index (χ1) is 15.2. The summed E-state index contributed by atoms with van der Waals surface area (Å²) in [6.07, 6.45) is 3.94. The molecule has 32 heavy (non-hydrogen) atoms. The molecule has 174 valence electrons. The van der Waals surface area contributed by atoms with Gasteiger partial charge >= 0.3 is 0 Å². The first kappa shape index (κ1) is 21.1. The van der Waals surface area contributed by atoms with Gasteiger partial charge in [-0.15, -0.1) is 0 Å². The summed E-state index contributed by atoms with van der Waals surface area (Å²) in [6, 6.07) is 2.03. The van der Waals surface area contributed by atoms with Gasteiger partial charge in [0.05, 0.1) is 49.0 Å². The van der Waals surface area contributed by atoms with Gasteiger partial charge in [-0.2, -0.15) is 0 Å². The van der Waals surface area contributed by atoms with Crippen molar-refractivity contribution in [2.24, 2.45) is 28.1 Å². The van der Waals surface area contributed by atoms with Crippen LogP contribution in [0.2, 0.25) is 0 Å². The standard InChI is InChI=1S/C26H34O6/c1-13-15(14-6-8-30-11-14)9-16-20(13)26(4)17(5-7-27)25(3)19(29)10-18(28)24(2)12-31-21(22(24)25)23(26)32-16/h6,8,11,15-17,19,21-23,27,29H,5,7,9-10,12H2,1-4H3/t15-,16-,17-,19-,21-,22?,23-,24-,25+,26-/m1/s1. The fraction of sp³-hybridized carbons (Fsp3) is 0.731. The molecule has 2 aliphatic heterocycles. The van der Waals surface area contributed by atoms with Gasteiger partial charge in [-0.3, -0.25) is 4.79 Å². The van der Waals surface area contributed by atoms with Gasteiger partial charge in [0, 0.05) is 35.7 Å². The first-order valence-electron chi connectivity index (χ1n) is 12.0. The van der Waals surface area contributed by atoms with Gasteiger partial charge in [0.1, 0.15) is 5.78 Å². The highest BCUT2D eigenvalue weighted by Gasteiger charge is 2.77. The van der Waals surface area contributed by atoms with Gasteiger partial charge < -0.3 is 24.1 Å². The zero-order valence-corrected chi connectivity index (χ0v) is 19.3. The number of ether oxygens (including phenoxy) is 2. The van der Waals surface area contributed by atoms with Crippen LogP contribution in [-0.4, -0.2) is 53.6 Å². The number of fused-ring (bicyclic) bond motifs is 4. The SMILES string of the molecule is CC1=C2[C@@H](C[C@H]1c1ccoc1)O[C@@H]1[C@@H]3OC[C@]4(C)C(=O)C[C@@H](O)[C@@](C)(C34)[C@@H](CCO)[C@]21C. The third-order valence-corrected chi connectivity index (χ3v) is 10.3. The molecule has 3 aliphatic carbocycles. The average Bonchev–Trinajstić information content (AvgIpc) is 3.50. The zero-order valence-electron chi connectivity index (χ0n) is 19.3. The highest BCUT2D eigenvalue weighted by molar-refractivity contribution is 5.87. The van der Waals surface area contributed by atoms with E-state index in [0.29, 0.717) is 13.0 Å². The molecule has 10 atom stereocenters. The minimum absolute atomic E-state index is 0.0156. The maximum absolute atomic E-state index is 13.1. The Hall–Kier alpha value is -1.47. The van der Waals surface area contributed by atoms with E-state index in [1.165, 1.54) is 16.7 Å². The van der Waals surface area contributed by atoms with E-state index in [1.54, 1.807) is 6.26 Å². The van der Waals surface area contributed by atoms with E-state index < -0.39 is 16.9 Å². The molecule has 0 bridgehead atoms. The first-order valence-corrected chi connectivity index (χ1v) is 12.0. The van der Waals surface area contributed by atoms with Crippen molar-refractivity contribution in [3.05, 3.63) is 35.3 Å². The van der Waals surface area contributed by atoms with Crippen LogP contribution in [0.3, 0.4) is 0 Å². The average molecular weight is 443 g/mol. The lowest BCUT2D eigenvalue weighted by molar-refractivity contribution is -0.223. The molecule has 3 heterocycles. The summed E-state index contributed by atoms with van der Waals surface area (Å²) in [5.74, 6) is 0.202. The molecule has 5 aliphatic rings. The molecular formula is C26H34O6. The summed E-state index contributed by atoms with van der Waals surface area (Å²) in [6.45, 7) is 9.04. The van der Waals surface area contributed by atoms with E-state index in [9.17, 15) is 15.0 Å². The molecule has 0 radical (unpaired) electrons. The predicted octanol–water partition coefficient (Wildman–Crippen LogP) is 3.23. The van der Waals surface area contributed by atoms with Gasteiger partial charge in [0.15, 0.2) is 0 Å². The molecule has 0 spiro atoms. The summed E-state index contributed by atoms with van der Waals surface area (Å²) in [5.41, 5.74) is 2.26. The van der Waals surface area contributed by atoms with Crippen molar-refractivity contribution in [1.82, 2.24) is 0 Å². The number of rotatable bonds is 3. The van der Waals surface area contributed by atoms with Crippen molar-refractivity contribution >= 4 is 5.78 Å². The van der Waals surface area contributed by atoms with Crippen molar-refractivity contribution in [3.63, 3.8) is 0 Å². The summed E-state index contributed by atoms with van der Waals surface area (Å²) in [4.78, 5) is 13.1. The molecule has 2 saturated carbocycles. The van der Waals surface area contributed by atoms with Crippen LogP contribution >= 0.6 is 0 Å². The predicted molar refractivity (Wildman–Crippen MR) is 116 cm³/mol. The van der Waals surface area contributed by atoms with Crippen molar-refractivity contribution < 1.29 is 28.9 Å². The van der Waals surface area contributed by atoms with Crippen molar-refractivity contribution in [2.75, 3.05) is 13.2 Å². The second-order valence-electron chi connectivity index (χ2n) is 11.5. The van der Waals surface area contributed by atoms with Gasteiger partial charge in [-0.05, 0) is 42.9 Å². The lowest BCUT2D eigenvalue weighted by Crippen LogP contribution is -2.69. The molecule has 6 heteroatoms. The Bertz CT molecular complexity index is 982. The molecule has 0 aromatic carbocycles. The van der Waals surface area contributed by atoms with Crippen LogP contribution in [0, 0.1) is 28.1 Å². The van der Waals surface area contributed by atoms with Gasteiger partial charge in [0.2, 0.25) is 0 Å². The Morgan fingerprint density at radius 2 is 2.03 bits per heavy atom. The van der Waals surface area contributed by atoms with Crippen molar-refractivity contribution in [3.8, 4) is 0 Å². The lowest BCUT2D eigenvalue weighted by Gasteiger charge is -2.63. The number of hydrogen-bond donors (Lipinski definition) is 2. The van der Waals surface area contributed by atoms with Crippen LogP contribution in [0.4, 0.5) is 0 Å². The van der Waals surface area contributed by atoms with Crippen molar-refractivity contribution in [1.29, 1.82) is 0 Å². The molecule has 0 amide bonds. The number of Topliss-reactive ketones (excluding diaryl/α,β-unsaturated/α-hetero) is 1. The molecular weight excluding hydrogens is 408 g/mol. The Kier molecular flexibility index (Phi) is 4.32. The minimum Gasteiger partial charge on any atom is -0.472 e. The Labute approximate surface area is 189 Å². The molecule has 6 nitrogen and oxygen atoms in total. The van der Waals surface area contributed by atoms with Gasteiger partial charge in [-0.1, -0.05) is 26.3 Å². The Morgan fingerprint density at radius 3 is 2.72 bits per heavy atom. The van der Waals surface area contributed by atoms with E-state index >= 15 is 0 Å². The van der Waals surface area contributed by atoms with Crippen LogP contribution in [0.1, 0.15) is 58.4 Å². The molecule has 6 rings (SSSR count). The smallest absolute Gasteiger partial charge is 0.144 e. The van der Waals surface area contributed by atoms with Crippen LogP contribution in [-0.2, 0) is 14.3 Å². The largest absolute Gasteiger partial charge is 0.472 e. The zero-order chi connectivity index (χ0) is 22.6. The van der Waals surface area contributed by atoms with Gasteiger partial charge in [-0.25, -0.2) is 0 Å². The minimum atomic E-state index is -0.752. The van der Waals surface area contributed by atoms with E-state index in [2.05, 4.69) is 20.8 Å². The molecule has 2 N–H and O–H groups in total. The number of carbonyl (C=O) groups excluding carboxylic acids is 1. The second-order valence-corrected chi connectivity index (χ2v) is 11.5. The number of carbonyl (C=O) groups is 1. The third kappa shape index (κ3) is 2.23. The highest BCUT2D eigenvalue weighted by atomic mass is 16.6. The van der Waals surface area contributed by atoms with Crippen LogP contribution in [0.15, 0.2) is 34.2 Å². The number of hydrogen-bond acceptors (Lipinski definition) is 6. The fourth-order valence-corrected chi connectivity index (χ4v) is 9.03. The molecule has 2 saturated heterocycles. The Morgan fingerprint density at radius 1 is 1.25 bits per heavy atom. The maximum atomic E-state index is 13.1. The van der Waals surface area contributed by atoms with Gasteiger partial charge in [0.25, 0.3) is 0 Å². The number of allylic oxidation sites excluding steroid dienone is 1. The maximum Gasteiger partial charge on any atom is 0.144 e. The number of aliphatic hydroxyl groups excluding tert-OH is 2. The third-order valence-electron chi connectivity index (χ3n) is 10.3. The number of ketones is 1. The Balaban J connectivity index is 1.54. The normalized spacial score (nSPS) is 51.7. The van der Waals surface area contributed by atoms with E-state index in [0.717, 1.165) is 6.42 Å². The van der Waals surface area contributed by atoms with Crippen LogP contribution < -0.4 is 0 Å². The highest BCUT2D eigenvalue weighted by Crippen LogP contribution is 2.72. The topological polar surface area (TPSA) is 89.1 Å². The van der Waals surface area contributed by atoms with E-state index in [-0.39, 0.29) is 60.3 Å². The van der Waals surface area contributed by atoms with Crippen LogP contribution in [0.5, 0.6) is 0 Å². The molecule has 1 unspecified atom stereocenters. The fourth-order valence-electron chi connectivity index (χ4n) is 9.03. The lowest BCUT2D eigenvalue weighted by atomic mass is 9.40. The number of furan rings is 1. The second kappa shape index (κ2) is 6.56. The van der Waals surface area contributed by atoms with Crippen LogP contribution in [0.25, 0.3) is 0 Å². The molecule has 4 fully saturated rings. The summed E-state index contributed by atoms with van der Waals surface area (Å²) < 4.78 is 18.6. The van der Waals surface area contributed by atoms with E-state index in [4.69, 9.17) is 13.9 Å². The molecule has 1 aromatic rings. The monoisotopic (exact) mass is 442 g/mol. The molecule has 1 aromatic heterocycles. The summed E-state index contributed by atoms with van der Waals surface area (Å²) in [5, 5.41) is 21.6. The van der Waals surface area contributed by atoms with Crippen molar-refractivity contribution in [2.45, 2.75) is 77.3 Å². The number of aliphatic hydroxyl groups is 2. The summed E-state index contributed by atoms with van der Waals surface area (Å²) >= 11 is 0. The quantitative estimate of drug-likeness (QED) is 0.699.